The maximum absolute atomic E-state index is 10.4. The summed E-state index contributed by atoms with van der Waals surface area (Å²) >= 11 is 0. The van der Waals surface area contributed by atoms with Gasteiger partial charge in [-0.3, -0.25) is 4.79 Å². The SMILES string of the molecule is O=CC1=CC=C(COCCCO)C1. The maximum atomic E-state index is 10.4. The van der Waals surface area contributed by atoms with Crippen LogP contribution in [0.1, 0.15) is 12.8 Å². The summed E-state index contributed by atoms with van der Waals surface area (Å²) in [5, 5.41) is 8.49. The van der Waals surface area contributed by atoms with Gasteiger partial charge in [-0.05, 0) is 24.0 Å². The van der Waals surface area contributed by atoms with Crippen LogP contribution in [0.4, 0.5) is 0 Å². The van der Waals surface area contributed by atoms with Gasteiger partial charge in [0.05, 0.1) is 6.61 Å². The highest BCUT2D eigenvalue weighted by molar-refractivity contribution is 5.76. The monoisotopic (exact) mass is 182 g/mol. The second kappa shape index (κ2) is 5.67. The molecule has 3 nitrogen and oxygen atoms in total. The maximum Gasteiger partial charge on any atom is 0.146 e. The molecule has 0 atom stereocenters. The third-order valence-electron chi connectivity index (χ3n) is 1.85. The van der Waals surface area contributed by atoms with Gasteiger partial charge in [0.25, 0.3) is 0 Å². The number of carbonyl (C=O) groups excluding carboxylic acids is 1. The van der Waals surface area contributed by atoms with Crippen LogP contribution in [0.3, 0.4) is 0 Å². The Hall–Kier alpha value is -0.930. The lowest BCUT2D eigenvalue weighted by molar-refractivity contribution is -0.104. The quantitative estimate of drug-likeness (QED) is 0.489. The minimum Gasteiger partial charge on any atom is -0.396 e. The highest BCUT2D eigenvalue weighted by atomic mass is 16.5. The molecule has 1 aliphatic carbocycles. The van der Waals surface area contributed by atoms with Crippen LogP contribution in [-0.2, 0) is 9.53 Å². The largest absolute Gasteiger partial charge is 0.396 e. The lowest BCUT2D eigenvalue weighted by atomic mass is 10.2. The topological polar surface area (TPSA) is 46.5 Å². The molecule has 3 heteroatoms. The fraction of sp³-hybridized carbons (Fsp3) is 0.500. The minimum absolute atomic E-state index is 0.164. The van der Waals surface area contributed by atoms with E-state index < -0.39 is 0 Å². The fourth-order valence-electron chi connectivity index (χ4n) is 1.15. The molecule has 0 bridgehead atoms. The average Bonchev–Trinajstić information content (AvgIpc) is 2.60. The van der Waals surface area contributed by atoms with Crippen molar-refractivity contribution in [1.29, 1.82) is 0 Å². The molecule has 72 valence electrons. The van der Waals surface area contributed by atoms with Crippen molar-refractivity contribution >= 4 is 6.29 Å². The number of rotatable bonds is 6. The molecule has 1 aliphatic rings. The number of allylic oxidation sites excluding steroid dienone is 3. The van der Waals surface area contributed by atoms with E-state index in [0.717, 1.165) is 17.4 Å². The van der Waals surface area contributed by atoms with E-state index in [1.54, 1.807) is 0 Å². The summed E-state index contributed by atoms with van der Waals surface area (Å²) in [7, 11) is 0. The first kappa shape index (κ1) is 10.2. The lowest BCUT2D eigenvalue weighted by Gasteiger charge is -2.03. The molecule has 0 aromatic carbocycles. The van der Waals surface area contributed by atoms with E-state index in [-0.39, 0.29) is 6.61 Å². The molecule has 0 saturated heterocycles. The zero-order valence-corrected chi connectivity index (χ0v) is 7.53. The van der Waals surface area contributed by atoms with Crippen LogP contribution < -0.4 is 0 Å². The third kappa shape index (κ3) is 3.53. The van der Waals surface area contributed by atoms with E-state index in [9.17, 15) is 4.79 Å². The molecule has 0 heterocycles. The van der Waals surface area contributed by atoms with Crippen molar-refractivity contribution < 1.29 is 14.6 Å². The van der Waals surface area contributed by atoms with Crippen molar-refractivity contribution in [2.24, 2.45) is 0 Å². The highest BCUT2D eigenvalue weighted by Crippen LogP contribution is 2.16. The molecule has 0 amide bonds. The number of carbonyl (C=O) groups is 1. The van der Waals surface area contributed by atoms with E-state index in [0.29, 0.717) is 26.1 Å². The number of ether oxygens (including phenoxy) is 1. The van der Waals surface area contributed by atoms with Crippen LogP contribution in [0.25, 0.3) is 0 Å². The summed E-state index contributed by atoms with van der Waals surface area (Å²) in [4.78, 5) is 10.4. The van der Waals surface area contributed by atoms with Gasteiger partial charge in [0.15, 0.2) is 0 Å². The number of hydrogen-bond acceptors (Lipinski definition) is 3. The summed E-state index contributed by atoms with van der Waals surface area (Å²) in [5.74, 6) is 0. The van der Waals surface area contributed by atoms with Crippen LogP contribution in [-0.4, -0.2) is 31.2 Å². The van der Waals surface area contributed by atoms with Gasteiger partial charge in [-0.15, -0.1) is 0 Å². The smallest absolute Gasteiger partial charge is 0.146 e. The van der Waals surface area contributed by atoms with E-state index in [1.165, 1.54) is 0 Å². The summed E-state index contributed by atoms with van der Waals surface area (Å²) < 4.78 is 5.27. The average molecular weight is 182 g/mol. The van der Waals surface area contributed by atoms with Crippen LogP contribution in [0, 0.1) is 0 Å². The second-order valence-electron chi connectivity index (χ2n) is 2.99. The number of aliphatic hydroxyl groups excluding tert-OH is 1. The van der Waals surface area contributed by atoms with Crippen molar-refractivity contribution in [3.63, 3.8) is 0 Å². The predicted octanol–water partition coefficient (Wildman–Crippen LogP) is 0.841. The van der Waals surface area contributed by atoms with E-state index in [1.807, 2.05) is 12.2 Å². The van der Waals surface area contributed by atoms with Gasteiger partial charge >= 0.3 is 0 Å². The Labute approximate surface area is 77.7 Å². The third-order valence-corrected chi connectivity index (χ3v) is 1.85. The zero-order valence-electron chi connectivity index (χ0n) is 7.53. The summed E-state index contributed by atoms with van der Waals surface area (Å²) in [5.41, 5.74) is 1.93. The first-order chi connectivity index (χ1) is 6.36. The summed E-state index contributed by atoms with van der Waals surface area (Å²) in [6.07, 6.45) is 5.99. The molecular weight excluding hydrogens is 168 g/mol. The van der Waals surface area contributed by atoms with Crippen molar-refractivity contribution in [2.75, 3.05) is 19.8 Å². The van der Waals surface area contributed by atoms with Crippen LogP contribution in [0.5, 0.6) is 0 Å². The first-order valence-corrected chi connectivity index (χ1v) is 4.39. The zero-order chi connectivity index (χ0) is 9.52. The Morgan fingerprint density at radius 2 is 2.38 bits per heavy atom. The molecule has 0 fully saturated rings. The molecule has 0 aromatic rings. The molecule has 1 rings (SSSR count). The van der Waals surface area contributed by atoms with Crippen molar-refractivity contribution in [2.45, 2.75) is 12.8 Å². The standard InChI is InChI=1S/C10H14O3/c11-4-1-5-13-8-10-3-2-9(6-10)7-12/h2-3,7,11H,1,4-6,8H2. The predicted molar refractivity (Wildman–Crippen MR) is 49.4 cm³/mol. The Morgan fingerprint density at radius 3 is 3.00 bits per heavy atom. The number of hydrogen-bond donors (Lipinski definition) is 1. The Kier molecular flexibility index (Phi) is 4.43. The highest BCUT2D eigenvalue weighted by Gasteiger charge is 2.06. The molecule has 0 aliphatic heterocycles. The molecular formula is C10H14O3. The Morgan fingerprint density at radius 1 is 1.54 bits per heavy atom. The van der Waals surface area contributed by atoms with Gasteiger partial charge < -0.3 is 9.84 Å². The van der Waals surface area contributed by atoms with Crippen molar-refractivity contribution in [1.82, 2.24) is 0 Å². The second-order valence-corrected chi connectivity index (χ2v) is 2.99. The fourth-order valence-corrected chi connectivity index (χ4v) is 1.15. The number of aldehydes is 1. The molecule has 0 radical (unpaired) electrons. The molecule has 0 saturated carbocycles. The van der Waals surface area contributed by atoms with Gasteiger partial charge in [-0.2, -0.15) is 0 Å². The lowest BCUT2D eigenvalue weighted by Crippen LogP contribution is -2.01. The molecule has 0 aromatic heterocycles. The number of aliphatic hydroxyl groups is 1. The summed E-state index contributed by atoms with van der Waals surface area (Å²) in [6, 6.07) is 0. The van der Waals surface area contributed by atoms with Crippen LogP contribution in [0.2, 0.25) is 0 Å². The Balaban J connectivity index is 2.09. The van der Waals surface area contributed by atoms with Gasteiger partial charge in [-0.25, -0.2) is 0 Å². The molecule has 13 heavy (non-hydrogen) atoms. The minimum atomic E-state index is 0.164. The van der Waals surface area contributed by atoms with E-state index in [4.69, 9.17) is 9.84 Å². The molecule has 0 spiro atoms. The van der Waals surface area contributed by atoms with Gasteiger partial charge in [0, 0.05) is 13.2 Å². The summed E-state index contributed by atoms with van der Waals surface area (Å²) in [6.45, 7) is 1.30. The van der Waals surface area contributed by atoms with Crippen molar-refractivity contribution in [3.05, 3.63) is 23.3 Å². The van der Waals surface area contributed by atoms with Crippen LogP contribution >= 0.6 is 0 Å². The van der Waals surface area contributed by atoms with E-state index in [2.05, 4.69) is 0 Å². The van der Waals surface area contributed by atoms with E-state index >= 15 is 0 Å². The Bertz CT molecular complexity index is 228. The van der Waals surface area contributed by atoms with Crippen LogP contribution in [0.15, 0.2) is 23.3 Å². The normalized spacial score (nSPS) is 15.5. The van der Waals surface area contributed by atoms with Crippen molar-refractivity contribution in [3.8, 4) is 0 Å². The van der Waals surface area contributed by atoms with Gasteiger partial charge in [0.2, 0.25) is 0 Å². The molecule has 0 unspecified atom stereocenters. The van der Waals surface area contributed by atoms with Gasteiger partial charge in [-0.1, -0.05) is 12.2 Å². The van der Waals surface area contributed by atoms with Gasteiger partial charge in [0.1, 0.15) is 6.29 Å². The first-order valence-electron chi connectivity index (χ1n) is 4.39. The molecule has 1 N–H and O–H groups in total.